The number of allylic oxidation sites excluding steroid dienone is 1. The van der Waals surface area contributed by atoms with Crippen LogP contribution in [0.5, 0.6) is 5.75 Å². The number of halogens is 4. The Morgan fingerprint density at radius 3 is 1.93 bits per heavy atom. The molecule has 5 heteroatoms. The highest BCUT2D eigenvalue weighted by Crippen LogP contribution is 2.37. The van der Waals surface area contributed by atoms with Gasteiger partial charge >= 0.3 is 6.11 Å². The summed E-state index contributed by atoms with van der Waals surface area (Å²) in [6.45, 7) is 3.88. The first kappa shape index (κ1) is 20.2. The van der Waals surface area contributed by atoms with Crippen molar-refractivity contribution in [3.63, 3.8) is 0 Å². The predicted molar refractivity (Wildman–Crippen MR) is 103 cm³/mol. The van der Waals surface area contributed by atoms with Gasteiger partial charge in [0.15, 0.2) is 0 Å². The van der Waals surface area contributed by atoms with E-state index in [1.165, 1.54) is 30.5 Å². The van der Waals surface area contributed by atoms with E-state index in [-0.39, 0.29) is 5.75 Å². The Bertz CT molecular complexity index is 813. The monoisotopic (exact) mass is 390 g/mol. The normalized spacial score (nSPS) is 19.7. The molecule has 3 rings (SSSR count). The minimum absolute atomic E-state index is 0.179. The molecule has 1 aliphatic carbocycles. The number of ether oxygens (including phenoxy) is 1. The highest BCUT2D eigenvalue weighted by molar-refractivity contribution is 5.64. The van der Waals surface area contributed by atoms with Crippen LogP contribution in [0.2, 0.25) is 0 Å². The topological polar surface area (TPSA) is 9.23 Å². The molecule has 1 fully saturated rings. The molecule has 1 nitrogen and oxygen atoms in total. The highest BCUT2D eigenvalue weighted by atomic mass is 19.3. The first-order valence-electron chi connectivity index (χ1n) is 9.30. The van der Waals surface area contributed by atoms with Crippen molar-refractivity contribution in [3.05, 3.63) is 78.9 Å². The Hall–Kier alpha value is -2.56. The van der Waals surface area contributed by atoms with Crippen molar-refractivity contribution < 1.29 is 22.3 Å². The fourth-order valence-electron chi connectivity index (χ4n) is 3.67. The van der Waals surface area contributed by atoms with Crippen LogP contribution in [0.1, 0.15) is 37.2 Å². The number of rotatable bonds is 6. The third-order valence-electron chi connectivity index (χ3n) is 5.21. The Labute approximate surface area is 162 Å². The van der Waals surface area contributed by atoms with E-state index in [1.54, 1.807) is 12.1 Å². The summed E-state index contributed by atoms with van der Waals surface area (Å²) in [5, 5.41) is 0. The predicted octanol–water partition coefficient (Wildman–Crippen LogP) is 7.57. The van der Waals surface area contributed by atoms with Gasteiger partial charge in [0, 0.05) is 0 Å². The van der Waals surface area contributed by atoms with Crippen molar-refractivity contribution in [2.24, 2.45) is 5.92 Å². The van der Waals surface area contributed by atoms with Gasteiger partial charge in [-0.05, 0) is 66.3 Å². The van der Waals surface area contributed by atoms with Crippen LogP contribution in [0.4, 0.5) is 17.6 Å². The van der Waals surface area contributed by atoms with Crippen molar-refractivity contribution >= 4 is 0 Å². The van der Waals surface area contributed by atoms with Gasteiger partial charge < -0.3 is 4.74 Å². The summed E-state index contributed by atoms with van der Waals surface area (Å²) in [6, 6.07) is 14.2. The molecule has 0 amide bonds. The van der Waals surface area contributed by atoms with Crippen LogP contribution in [0.3, 0.4) is 0 Å². The lowest BCUT2D eigenvalue weighted by molar-refractivity contribution is -0.133. The second-order valence-electron chi connectivity index (χ2n) is 7.09. The van der Waals surface area contributed by atoms with E-state index >= 15 is 0 Å². The van der Waals surface area contributed by atoms with E-state index in [4.69, 9.17) is 0 Å². The van der Waals surface area contributed by atoms with Crippen molar-refractivity contribution in [2.45, 2.75) is 37.7 Å². The molecule has 0 heterocycles. The molecule has 0 radical (unpaired) electrons. The van der Waals surface area contributed by atoms with E-state index in [2.05, 4.69) is 23.4 Å². The second kappa shape index (κ2) is 8.63. The SMILES string of the molecule is C=CC1CCC(c2ccc(-c3ccc(OC(F)(F)C=C(F)F)cc3)cc2)CC1. The second-order valence-corrected chi connectivity index (χ2v) is 7.09. The summed E-state index contributed by atoms with van der Waals surface area (Å²) in [6.07, 6.45) is -0.344. The van der Waals surface area contributed by atoms with Crippen LogP contribution in [0.25, 0.3) is 11.1 Å². The maximum absolute atomic E-state index is 13.3. The molecule has 148 valence electrons. The lowest BCUT2D eigenvalue weighted by atomic mass is 9.78. The first-order valence-corrected chi connectivity index (χ1v) is 9.30. The third kappa shape index (κ3) is 5.24. The van der Waals surface area contributed by atoms with Gasteiger partial charge in [-0.2, -0.15) is 17.6 Å². The average molecular weight is 390 g/mol. The molecule has 0 aromatic heterocycles. The van der Waals surface area contributed by atoms with Gasteiger partial charge in [-0.25, -0.2) is 0 Å². The summed E-state index contributed by atoms with van der Waals surface area (Å²) in [4.78, 5) is 0. The quantitative estimate of drug-likeness (QED) is 0.365. The van der Waals surface area contributed by atoms with Crippen molar-refractivity contribution in [2.75, 3.05) is 0 Å². The molecule has 2 aromatic rings. The van der Waals surface area contributed by atoms with Crippen molar-refractivity contribution in [1.29, 1.82) is 0 Å². The highest BCUT2D eigenvalue weighted by Gasteiger charge is 2.30. The fourth-order valence-corrected chi connectivity index (χ4v) is 3.67. The lowest BCUT2D eigenvalue weighted by Crippen LogP contribution is -2.21. The summed E-state index contributed by atoms with van der Waals surface area (Å²) in [5.41, 5.74) is 3.10. The van der Waals surface area contributed by atoms with E-state index in [0.717, 1.165) is 24.0 Å². The number of benzene rings is 2. The Morgan fingerprint density at radius 1 is 0.893 bits per heavy atom. The zero-order valence-corrected chi connectivity index (χ0v) is 15.4. The summed E-state index contributed by atoms with van der Waals surface area (Å²) < 4.78 is 54.9. The van der Waals surface area contributed by atoms with Gasteiger partial charge in [-0.15, -0.1) is 6.58 Å². The molecular formula is C23H22F4O. The van der Waals surface area contributed by atoms with Crippen molar-refractivity contribution in [3.8, 4) is 16.9 Å². The standard InChI is InChI=1S/C23H22F4O/c1-2-16-3-5-17(6-4-16)18-7-9-19(10-8-18)20-11-13-21(14-12-20)28-23(26,27)15-22(24)25/h2,7-17H,1,3-6H2. The number of hydrogen-bond acceptors (Lipinski definition) is 1. The maximum Gasteiger partial charge on any atom is 0.425 e. The molecule has 0 atom stereocenters. The molecule has 1 aliphatic rings. The molecule has 0 N–H and O–H groups in total. The Morgan fingerprint density at radius 2 is 1.43 bits per heavy atom. The van der Waals surface area contributed by atoms with Crippen LogP contribution >= 0.6 is 0 Å². The molecule has 28 heavy (non-hydrogen) atoms. The van der Waals surface area contributed by atoms with Gasteiger partial charge in [-0.1, -0.05) is 42.5 Å². The Kier molecular flexibility index (Phi) is 6.22. The molecule has 2 aromatic carbocycles. The van der Waals surface area contributed by atoms with E-state index in [0.29, 0.717) is 11.8 Å². The lowest BCUT2D eigenvalue weighted by Gasteiger charge is -2.27. The van der Waals surface area contributed by atoms with Crippen molar-refractivity contribution in [1.82, 2.24) is 0 Å². The zero-order chi connectivity index (χ0) is 20.1. The number of hydrogen-bond donors (Lipinski definition) is 0. The summed E-state index contributed by atoms with van der Waals surface area (Å²) in [7, 11) is 0. The molecular weight excluding hydrogens is 368 g/mol. The summed E-state index contributed by atoms with van der Waals surface area (Å²) in [5.74, 6) is 1.01. The molecule has 0 unspecified atom stereocenters. The van der Waals surface area contributed by atoms with E-state index in [9.17, 15) is 17.6 Å². The van der Waals surface area contributed by atoms with E-state index in [1.807, 2.05) is 18.2 Å². The molecule has 0 aliphatic heterocycles. The van der Waals surface area contributed by atoms with Crippen LogP contribution in [-0.4, -0.2) is 6.11 Å². The molecule has 0 saturated heterocycles. The van der Waals surface area contributed by atoms with Crippen LogP contribution in [0, 0.1) is 5.92 Å². The van der Waals surface area contributed by atoms with Gasteiger partial charge in [0.05, 0.1) is 6.08 Å². The fraction of sp³-hybridized carbons (Fsp3) is 0.304. The zero-order valence-electron chi connectivity index (χ0n) is 15.4. The van der Waals surface area contributed by atoms with Gasteiger partial charge in [0.1, 0.15) is 5.75 Å². The number of alkyl halides is 2. The van der Waals surface area contributed by atoms with Gasteiger partial charge in [0.25, 0.3) is 6.08 Å². The van der Waals surface area contributed by atoms with Crippen LogP contribution in [0.15, 0.2) is 73.3 Å². The van der Waals surface area contributed by atoms with E-state index < -0.39 is 18.3 Å². The minimum atomic E-state index is -4.05. The molecule has 1 saturated carbocycles. The maximum atomic E-state index is 13.3. The smallest absolute Gasteiger partial charge is 0.425 e. The first-order chi connectivity index (χ1) is 13.4. The van der Waals surface area contributed by atoms with Gasteiger partial charge in [-0.3, -0.25) is 0 Å². The van der Waals surface area contributed by atoms with Crippen LogP contribution in [-0.2, 0) is 0 Å². The van der Waals surface area contributed by atoms with Crippen LogP contribution < -0.4 is 4.74 Å². The third-order valence-corrected chi connectivity index (χ3v) is 5.21. The largest absolute Gasteiger partial charge is 0.429 e. The van der Waals surface area contributed by atoms with Gasteiger partial charge in [0.2, 0.25) is 0 Å². The minimum Gasteiger partial charge on any atom is -0.429 e. The molecule has 0 spiro atoms. The average Bonchev–Trinajstić information content (AvgIpc) is 2.67. The Balaban J connectivity index is 1.66. The summed E-state index contributed by atoms with van der Waals surface area (Å²) >= 11 is 0. The molecule has 0 bridgehead atoms.